The van der Waals surface area contributed by atoms with Crippen molar-refractivity contribution in [3.8, 4) is 0 Å². The molecule has 1 heterocycles. The summed E-state index contributed by atoms with van der Waals surface area (Å²) in [7, 11) is 0. The van der Waals surface area contributed by atoms with Crippen LogP contribution < -0.4 is 5.73 Å². The largest absolute Gasteiger partial charge is 0.326 e. The molecule has 0 aliphatic rings. The summed E-state index contributed by atoms with van der Waals surface area (Å²) in [5, 5.41) is 0. The van der Waals surface area contributed by atoms with Gasteiger partial charge in [0, 0.05) is 12.3 Å². The number of benzene rings is 1. The van der Waals surface area contributed by atoms with Crippen molar-refractivity contribution in [2.45, 2.75) is 23.6 Å². The minimum Gasteiger partial charge on any atom is -0.326 e. The molecule has 0 spiro atoms. The van der Waals surface area contributed by atoms with Crippen LogP contribution in [0.25, 0.3) is 0 Å². The van der Waals surface area contributed by atoms with Crippen LogP contribution in [0.2, 0.25) is 0 Å². The average Bonchev–Trinajstić information content (AvgIpc) is 2.73. The Hall–Kier alpha value is -0.910. The molecule has 1 aromatic heterocycles. The number of thioether (sulfide) groups is 1. The van der Waals surface area contributed by atoms with Crippen LogP contribution in [0.3, 0.4) is 0 Å². The maximum absolute atomic E-state index is 5.60. The lowest BCUT2D eigenvalue weighted by atomic mass is 10.1. The second-order valence-electron chi connectivity index (χ2n) is 3.42. The Morgan fingerprint density at radius 3 is 2.88 bits per heavy atom. The highest BCUT2D eigenvalue weighted by Crippen LogP contribution is 2.24. The molecule has 5 heteroatoms. The quantitative estimate of drug-likeness (QED) is 0.849. The van der Waals surface area contributed by atoms with Gasteiger partial charge in [0.2, 0.25) is 0 Å². The van der Waals surface area contributed by atoms with Crippen LogP contribution >= 0.6 is 23.3 Å². The minimum absolute atomic E-state index is 0.594. The molecule has 0 aliphatic heterocycles. The van der Waals surface area contributed by atoms with Crippen LogP contribution in [0.4, 0.5) is 0 Å². The number of rotatable bonds is 4. The maximum Gasteiger partial charge on any atom is 0.170 e. The average molecular weight is 251 g/mol. The molecule has 3 nitrogen and oxygen atoms in total. The van der Waals surface area contributed by atoms with E-state index in [1.165, 1.54) is 22.7 Å². The van der Waals surface area contributed by atoms with Crippen molar-refractivity contribution in [1.29, 1.82) is 0 Å². The summed E-state index contributed by atoms with van der Waals surface area (Å²) in [4.78, 5) is 4.31. The van der Waals surface area contributed by atoms with Crippen molar-refractivity contribution in [3.63, 3.8) is 0 Å². The summed E-state index contributed by atoms with van der Waals surface area (Å²) < 4.78 is 5.18. The third kappa shape index (κ3) is 3.04. The van der Waals surface area contributed by atoms with Crippen LogP contribution in [0.15, 0.2) is 28.6 Å². The molecule has 0 fully saturated rings. The van der Waals surface area contributed by atoms with Gasteiger partial charge in [-0.1, -0.05) is 36.0 Å². The van der Waals surface area contributed by atoms with E-state index in [0.717, 1.165) is 15.9 Å². The normalized spacial score (nSPS) is 10.6. The summed E-state index contributed by atoms with van der Waals surface area (Å²) >= 11 is 3.17. The second-order valence-corrected chi connectivity index (χ2v) is 5.39. The number of hydrogen-bond donors (Lipinski definition) is 1. The Bertz CT molecular complexity index is 468. The van der Waals surface area contributed by atoms with Crippen molar-refractivity contribution < 1.29 is 0 Å². The third-order valence-corrected chi connectivity index (χ3v) is 4.09. The van der Waals surface area contributed by atoms with Crippen molar-refractivity contribution in [3.05, 3.63) is 41.2 Å². The van der Waals surface area contributed by atoms with Crippen molar-refractivity contribution in [2.24, 2.45) is 5.73 Å². The molecule has 0 aliphatic carbocycles. The van der Waals surface area contributed by atoms with Crippen LogP contribution in [-0.4, -0.2) is 9.36 Å². The molecule has 84 valence electrons. The van der Waals surface area contributed by atoms with E-state index in [2.05, 4.69) is 21.5 Å². The van der Waals surface area contributed by atoms with Crippen LogP contribution in [-0.2, 0) is 12.3 Å². The first-order chi connectivity index (χ1) is 7.78. The fraction of sp³-hybridized carbons (Fsp3) is 0.273. The van der Waals surface area contributed by atoms with Gasteiger partial charge in [0.05, 0.1) is 0 Å². The van der Waals surface area contributed by atoms with Crippen molar-refractivity contribution in [2.75, 3.05) is 0 Å². The standard InChI is InChI=1S/C11H13N3S2/c1-8-13-11(16-14-8)15-7-10-4-2-3-9(5-10)6-12/h2-5H,6-7,12H2,1H3. The summed E-state index contributed by atoms with van der Waals surface area (Å²) in [5.74, 6) is 1.77. The molecule has 0 radical (unpaired) electrons. The molecular weight excluding hydrogens is 238 g/mol. The van der Waals surface area contributed by atoms with E-state index in [9.17, 15) is 0 Å². The number of aromatic nitrogens is 2. The Morgan fingerprint density at radius 1 is 1.38 bits per heavy atom. The zero-order chi connectivity index (χ0) is 11.4. The molecule has 0 unspecified atom stereocenters. The van der Waals surface area contributed by atoms with E-state index < -0.39 is 0 Å². The summed E-state index contributed by atoms with van der Waals surface area (Å²) in [6.07, 6.45) is 0. The number of nitrogens with zero attached hydrogens (tertiary/aromatic N) is 2. The van der Waals surface area contributed by atoms with Crippen LogP contribution in [0, 0.1) is 6.92 Å². The van der Waals surface area contributed by atoms with E-state index in [4.69, 9.17) is 5.73 Å². The monoisotopic (exact) mass is 251 g/mol. The Balaban J connectivity index is 1.99. The van der Waals surface area contributed by atoms with Gasteiger partial charge in [0.25, 0.3) is 0 Å². The van der Waals surface area contributed by atoms with E-state index >= 15 is 0 Å². The van der Waals surface area contributed by atoms with Crippen molar-refractivity contribution in [1.82, 2.24) is 9.36 Å². The van der Waals surface area contributed by atoms with Gasteiger partial charge < -0.3 is 5.73 Å². The van der Waals surface area contributed by atoms with E-state index in [0.29, 0.717) is 6.54 Å². The second kappa shape index (κ2) is 5.43. The molecule has 0 amide bonds. The lowest BCUT2D eigenvalue weighted by molar-refractivity contribution is 1.06. The predicted molar refractivity (Wildman–Crippen MR) is 68.5 cm³/mol. The lowest BCUT2D eigenvalue weighted by Crippen LogP contribution is -1.96. The maximum atomic E-state index is 5.60. The fourth-order valence-electron chi connectivity index (χ4n) is 1.33. The fourth-order valence-corrected chi connectivity index (χ4v) is 2.92. The minimum atomic E-state index is 0.594. The molecule has 0 saturated carbocycles. The van der Waals surface area contributed by atoms with Gasteiger partial charge in [-0.25, -0.2) is 4.98 Å². The molecule has 16 heavy (non-hydrogen) atoms. The number of aryl methyl sites for hydroxylation is 1. The highest BCUT2D eigenvalue weighted by Gasteiger charge is 2.02. The number of nitrogens with two attached hydrogens (primary N) is 1. The highest BCUT2D eigenvalue weighted by atomic mass is 32.2. The van der Waals surface area contributed by atoms with Crippen molar-refractivity contribution >= 4 is 23.3 Å². The Kier molecular flexibility index (Phi) is 3.93. The van der Waals surface area contributed by atoms with Gasteiger partial charge in [-0.3, -0.25) is 0 Å². The van der Waals surface area contributed by atoms with E-state index in [1.54, 1.807) is 11.8 Å². The molecule has 0 atom stereocenters. The molecule has 0 saturated heterocycles. The molecule has 2 aromatic rings. The summed E-state index contributed by atoms with van der Waals surface area (Å²) in [6, 6.07) is 8.34. The van der Waals surface area contributed by atoms with Gasteiger partial charge in [0.15, 0.2) is 4.34 Å². The molecular formula is C11H13N3S2. The third-order valence-electron chi connectivity index (χ3n) is 2.10. The number of hydrogen-bond acceptors (Lipinski definition) is 5. The van der Waals surface area contributed by atoms with Gasteiger partial charge in [-0.05, 0) is 29.6 Å². The van der Waals surface area contributed by atoms with Gasteiger partial charge in [0.1, 0.15) is 5.82 Å². The van der Waals surface area contributed by atoms with E-state index in [-0.39, 0.29) is 0 Å². The smallest absolute Gasteiger partial charge is 0.170 e. The first-order valence-corrected chi connectivity index (χ1v) is 6.75. The predicted octanol–water partition coefficient (Wildman–Crippen LogP) is 2.60. The Morgan fingerprint density at radius 2 is 2.19 bits per heavy atom. The first kappa shape index (κ1) is 11.6. The molecule has 2 rings (SSSR count). The molecule has 0 bridgehead atoms. The van der Waals surface area contributed by atoms with E-state index in [1.807, 2.05) is 19.1 Å². The topological polar surface area (TPSA) is 51.8 Å². The zero-order valence-corrected chi connectivity index (χ0v) is 10.6. The summed E-state index contributed by atoms with van der Waals surface area (Å²) in [6.45, 7) is 2.51. The van der Waals surface area contributed by atoms with Crippen LogP contribution in [0.5, 0.6) is 0 Å². The van der Waals surface area contributed by atoms with Gasteiger partial charge in [-0.15, -0.1) is 0 Å². The Labute approximate surface area is 103 Å². The van der Waals surface area contributed by atoms with Gasteiger partial charge in [-0.2, -0.15) is 4.37 Å². The SMILES string of the molecule is Cc1nsc(SCc2cccc(CN)c2)n1. The van der Waals surface area contributed by atoms with Gasteiger partial charge >= 0.3 is 0 Å². The van der Waals surface area contributed by atoms with Crippen LogP contribution in [0.1, 0.15) is 17.0 Å². The highest BCUT2D eigenvalue weighted by molar-refractivity contribution is 8.00. The molecule has 1 aromatic carbocycles. The summed E-state index contributed by atoms with van der Waals surface area (Å²) in [5.41, 5.74) is 8.05. The zero-order valence-electron chi connectivity index (χ0n) is 9.01. The molecule has 2 N–H and O–H groups in total. The first-order valence-electron chi connectivity index (χ1n) is 4.99. The lowest BCUT2D eigenvalue weighted by Gasteiger charge is -2.01.